The van der Waals surface area contributed by atoms with Gasteiger partial charge in [0.1, 0.15) is 12.9 Å². The lowest BCUT2D eigenvalue weighted by molar-refractivity contribution is 0.271. The first kappa shape index (κ1) is 7.94. The Hall–Kier alpha value is -1.68. The molecular weight excluding hydrogens is 166 g/mol. The van der Waals surface area contributed by atoms with Crippen LogP contribution in [0.3, 0.4) is 0 Å². The second-order valence-corrected chi connectivity index (χ2v) is 2.60. The van der Waals surface area contributed by atoms with Crippen LogP contribution in [-0.4, -0.2) is 19.9 Å². The van der Waals surface area contributed by atoms with E-state index in [9.17, 15) is 0 Å². The minimum Gasteiger partial charge on any atom is -0.388 e. The molecule has 1 N–H and O–H groups in total. The lowest BCUT2D eigenvalue weighted by atomic mass is 10.3. The van der Waals surface area contributed by atoms with Crippen molar-refractivity contribution in [1.82, 2.24) is 14.8 Å². The maximum atomic E-state index is 8.76. The second kappa shape index (κ2) is 3.37. The van der Waals surface area contributed by atoms with Crippen molar-refractivity contribution in [2.24, 2.45) is 0 Å². The van der Waals surface area contributed by atoms with Crippen molar-refractivity contribution >= 4 is 0 Å². The normalized spacial score (nSPS) is 10.2. The molecule has 0 bridgehead atoms. The van der Waals surface area contributed by atoms with Gasteiger partial charge in [0.15, 0.2) is 5.82 Å². The van der Waals surface area contributed by atoms with E-state index in [0.29, 0.717) is 5.82 Å². The Labute approximate surface area is 75.5 Å². The Morgan fingerprint density at radius 3 is 2.62 bits per heavy atom. The first-order valence-corrected chi connectivity index (χ1v) is 3.97. The molecule has 1 aromatic carbocycles. The third-order valence-corrected chi connectivity index (χ3v) is 1.70. The smallest absolute Gasteiger partial charge is 0.176 e. The predicted octanol–water partition coefficient (Wildman–Crippen LogP) is 0.760. The topological polar surface area (TPSA) is 50.9 Å². The largest absolute Gasteiger partial charge is 0.388 e. The fourth-order valence-electron chi connectivity index (χ4n) is 1.07. The summed E-state index contributed by atoms with van der Waals surface area (Å²) >= 11 is 0. The highest BCUT2D eigenvalue weighted by molar-refractivity contribution is 5.29. The van der Waals surface area contributed by atoms with Crippen molar-refractivity contribution in [2.75, 3.05) is 0 Å². The number of nitrogens with zero attached hydrogens (tertiary/aromatic N) is 3. The van der Waals surface area contributed by atoms with E-state index in [-0.39, 0.29) is 6.61 Å². The molecule has 0 aliphatic rings. The molecule has 2 rings (SSSR count). The molecule has 4 heteroatoms. The molecular formula is C9H9N3O. The van der Waals surface area contributed by atoms with Gasteiger partial charge in [-0.1, -0.05) is 18.2 Å². The average molecular weight is 175 g/mol. The van der Waals surface area contributed by atoms with Crippen LogP contribution in [-0.2, 0) is 6.61 Å². The van der Waals surface area contributed by atoms with Gasteiger partial charge < -0.3 is 5.11 Å². The van der Waals surface area contributed by atoms with Crippen LogP contribution in [0.25, 0.3) is 5.69 Å². The first-order chi connectivity index (χ1) is 6.40. The van der Waals surface area contributed by atoms with Gasteiger partial charge in [0, 0.05) is 0 Å². The quantitative estimate of drug-likeness (QED) is 0.733. The summed E-state index contributed by atoms with van der Waals surface area (Å²) in [6.07, 6.45) is 1.58. The van der Waals surface area contributed by atoms with Gasteiger partial charge in [-0.2, -0.15) is 0 Å². The minimum absolute atomic E-state index is 0.125. The summed E-state index contributed by atoms with van der Waals surface area (Å²) in [7, 11) is 0. The summed E-state index contributed by atoms with van der Waals surface area (Å²) < 4.78 is 1.63. The number of benzene rings is 1. The maximum Gasteiger partial charge on any atom is 0.176 e. The van der Waals surface area contributed by atoms with Crippen molar-refractivity contribution in [3.63, 3.8) is 0 Å². The molecule has 0 saturated carbocycles. The van der Waals surface area contributed by atoms with Gasteiger partial charge >= 0.3 is 0 Å². The van der Waals surface area contributed by atoms with Crippen molar-refractivity contribution < 1.29 is 5.11 Å². The summed E-state index contributed by atoms with van der Waals surface area (Å²) in [6, 6.07) is 9.64. The molecule has 0 fully saturated rings. The van der Waals surface area contributed by atoms with Crippen molar-refractivity contribution in [2.45, 2.75) is 6.61 Å². The molecule has 0 unspecified atom stereocenters. The van der Waals surface area contributed by atoms with Gasteiger partial charge in [0.2, 0.25) is 0 Å². The summed E-state index contributed by atoms with van der Waals surface area (Å²) in [6.45, 7) is -0.125. The van der Waals surface area contributed by atoms with Crippen molar-refractivity contribution in [3.8, 4) is 5.69 Å². The molecule has 0 amide bonds. The first-order valence-electron chi connectivity index (χ1n) is 3.97. The van der Waals surface area contributed by atoms with Crippen LogP contribution in [0.4, 0.5) is 0 Å². The molecule has 66 valence electrons. The molecule has 1 heterocycles. The Kier molecular flexibility index (Phi) is 2.06. The van der Waals surface area contributed by atoms with E-state index in [2.05, 4.69) is 10.1 Å². The van der Waals surface area contributed by atoms with E-state index >= 15 is 0 Å². The van der Waals surface area contributed by atoms with Gasteiger partial charge in [-0.25, -0.2) is 9.67 Å². The zero-order valence-corrected chi connectivity index (χ0v) is 6.96. The molecule has 2 aromatic rings. The Balaban J connectivity index is 2.36. The van der Waals surface area contributed by atoms with Crippen molar-refractivity contribution in [1.29, 1.82) is 0 Å². The second-order valence-electron chi connectivity index (χ2n) is 2.60. The van der Waals surface area contributed by atoms with Crippen LogP contribution in [0, 0.1) is 0 Å². The van der Waals surface area contributed by atoms with Crippen LogP contribution < -0.4 is 0 Å². The summed E-state index contributed by atoms with van der Waals surface area (Å²) in [5.41, 5.74) is 0.940. The van der Waals surface area contributed by atoms with E-state index in [1.54, 1.807) is 11.0 Å². The number of para-hydroxylation sites is 1. The van der Waals surface area contributed by atoms with Crippen LogP contribution in [0.5, 0.6) is 0 Å². The fraction of sp³-hybridized carbons (Fsp3) is 0.111. The van der Waals surface area contributed by atoms with E-state index < -0.39 is 0 Å². The molecule has 4 nitrogen and oxygen atoms in total. The highest BCUT2D eigenvalue weighted by atomic mass is 16.3. The highest BCUT2D eigenvalue weighted by Gasteiger charge is 1.99. The zero-order chi connectivity index (χ0) is 9.10. The van der Waals surface area contributed by atoms with Gasteiger partial charge in [-0.3, -0.25) is 0 Å². The van der Waals surface area contributed by atoms with Gasteiger partial charge in [-0.05, 0) is 12.1 Å². The molecule has 13 heavy (non-hydrogen) atoms. The van der Waals surface area contributed by atoms with Crippen LogP contribution in [0.2, 0.25) is 0 Å². The number of hydrogen-bond acceptors (Lipinski definition) is 3. The number of aromatic nitrogens is 3. The Bertz CT molecular complexity index is 383. The van der Waals surface area contributed by atoms with E-state index in [1.807, 2.05) is 30.3 Å². The van der Waals surface area contributed by atoms with Crippen LogP contribution in [0.1, 0.15) is 5.82 Å². The standard InChI is InChI=1S/C9H9N3O/c13-6-9-10-7-12(11-9)8-4-2-1-3-5-8/h1-5,7,13H,6H2. The maximum absolute atomic E-state index is 8.76. The van der Waals surface area contributed by atoms with Crippen LogP contribution >= 0.6 is 0 Å². The summed E-state index contributed by atoms with van der Waals surface area (Å²) in [5.74, 6) is 0.434. The lowest BCUT2D eigenvalue weighted by Gasteiger charge is -1.97. The molecule has 0 saturated heterocycles. The van der Waals surface area contributed by atoms with E-state index in [0.717, 1.165) is 5.69 Å². The molecule has 1 aromatic heterocycles. The third-order valence-electron chi connectivity index (χ3n) is 1.70. The highest BCUT2D eigenvalue weighted by Crippen LogP contribution is 2.04. The Morgan fingerprint density at radius 2 is 2.00 bits per heavy atom. The van der Waals surface area contributed by atoms with Gasteiger partial charge in [0.05, 0.1) is 5.69 Å². The van der Waals surface area contributed by atoms with E-state index in [1.165, 1.54) is 0 Å². The Morgan fingerprint density at radius 1 is 1.23 bits per heavy atom. The predicted molar refractivity (Wildman–Crippen MR) is 47.3 cm³/mol. The third kappa shape index (κ3) is 1.57. The van der Waals surface area contributed by atoms with E-state index in [4.69, 9.17) is 5.11 Å². The van der Waals surface area contributed by atoms with Gasteiger partial charge in [0.25, 0.3) is 0 Å². The number of aliphatic hydroxyl groups excluding tert-OH is 1. The lowest BCUT2D eigenvalue weighted by Crippen LogP contribution is -1.95. The molecule has 0 spiro atoms. The molecule has 0 atom stereocenters. The average Bonchev–Trinajstić information content (AvgIpc) is 2.67. The molecule has 0 aliphatic carbocycles. The number of hydrogen-bond donors (Lipinski definition) is 1. The SMILES string of the molecule is OCc1ncn(-c2ccccc2)n1. The van der Waals surface area contributed by atoms with Crippen molar-refractivity contribution in [3.05, 3.63) is 42.5 Å². The fourth-order valence-corrected chi connectivity index (χ4v) is 1.07. The number of aliphatic hydroxyl groups is 1. The minimum atomic E-state index is -0.125. The summed E-state index contributed by atoms with van der Waals surface area (Å²) in [5, 5.41) is 12.8. The van der Waals surface area contributed by atoms with Gasteiger partial charge in [-0.15, -0.1) is 5.10 Å². The zero-order valence-electron chi connectivity index (χ0n) is 6.96. The molecule has 0 aliphatic heterocycles. The number of rotatable bonds is 2. The summed E-state index contributed by atoms with van der Waals surface area (Å²) in [4.78, 5) is 3.91. The monoisotopic (exact) mass is 175 g/mol. The van der Waals surface area contributed by atoms with Crippen LogP contribution in [0.15, 0.2) is 36.7 Å². The molecule has 0 radical (unpaired) electrons.